The molecule has 3 aliphatic carbocycles. The fourth-order valence-corrected chi connectivity index (χ4v) is 11.6. The minimum Gasteiger partial charge on any atom is -0.264 e. The van der Waals surface area contributed by atoms with E-state index in [2.05, 4.69) is 169 Å². The number of pyridine rings is 1. The van der Waals surface area contributed by atoms with Gasteiger partial charge in [-0.15, -0.1) is 11.8 Å². The van der Waals surface area contributed by atoms with Crippen molar-refractivity contribution >= 4 is 22.5 Å². The Morgan fingerprint density at radius 2 is 1.17 bits per heavy atom. The summed E-state index contributed by atoms with van der Waals surface area (Å²) in [5.74, 6) is 0.979. The largest absolute Gasteiger partial charge is 0.264 e. The van der Waals surface area contributed by atoms with Gasteiger partial charge in [-0.25, -0.2) is 9.97 Å². The standard InChI is InChI=1S/C56H39N3S/c1-3-12-38(13-4-1)51-34-52(59-55(58-51)40-14-5-2-6-15-40)39-24-22-36(23-25-39)41-26-28-44-45-29-27-42(43-17-11-16-37-30-31-57-35-46(37)43)33-50(45)56(49(44)32-41)47-18-7-9-20-53(47)60-54-21-10-8-19-48(54)56/h1-7,9,11-35,47,53H,8,10H2. The van der Waals surface area contributed by atoms with E-state index >= 15 is 0 Å². The number of fused-ring (bicyclic) bond motifs is 10. The summed E-state index contributed by atoms with van der Waals surface area (Å²) >= 11 is 2.05. The summed E-state index contributed by atoms with van der Waals surface area (Å²) in [4.78, 5) is 16.1. The predicted octanol–water partition coefficient (Wildman–Crippen LogP) is 14.1. The maximum absolute atomic E-state index is 5.11. The number of benzene rings is 6. The summed E-state index contributed by atoms with van der Waals surface area (Å²) in [6.45, 7) is 0. The Bertz CT molecular complexity index is 3060. The van der Waals surface area contributed by atoms with E-state index in [9.17, 15) is 0 Å². The Morgan fingerprint density at radius 1 is 0.517 bits per heavy atom. The molecule has 1 spiro atoms. The second-order valence-corrected chi connectivity index (χ2v) is 17.4. The molecule has 3 nitrogen and oxygen atoms in total. The Morgan fingerprint density at radius 3 is 1.95 bits per heavy atom. The van der Waals surface area contributed by atoms with Crippen molar-refractivity contribution < 1.29 is 0 Å². The van der Waals surface area contributed by atoms with Crippen LogP contribution in [0.25, 0.3) is 78.1 Å². The van der Waals surface area contributed by atoms with E-state index in [0.29, 0.717) is 5.25 Å². The van der Waals surface area contributed by atoms with Gasteiger partial charge in [-0.2, -0.15) is 0 Å². The van der Waals surface area contributed by atoms with Crippen LogP contribution in [-0.4, -0.2) is 20.2 Å². The van der Waals surface area contributed by atoms with Crippen LogP contribution in [0.4, 0.5) is 0 Å². The van der Waals surface area contributed by atoms with E-state index in [0.717, 1.165) is 46.7 Å². The molecule has 3 heterocycles. The van der Waals surface area contributed by atoms with Crippen LogP contribution in [0.1, 0.15) is 24.0 Å². The number of hydrogen-bond acceptors (Lipinski definition) is 4. The minimum absolute atomic E-state index is 0.256. The van der Waals surface area contributed by atoms with Crippen molar-refractivity contribution in [2.45, 2.75) is 23.5 Å². The second kappa shape index (κ2) is 14.1. The molecule has 4 aliphatic rings. The van der Waals surface area contributed by atoms with Crippen LogP contribution in [0.5, 0.6) is 0 Å². The molecule has 6 aromatic carbocycles. The SMILES string of the molecule is C1=CC2SC3=CCCC=C3C3(c4cc(-c5ccc(-c6cc(-c7ccccc7)nc(-c7ccccc7)n6)cc5)ccc4-c4ccc(-c5cccc6ccncc56)cc43)C2C=C1. The fourth-order valence-electron chi connectivity index (χ4n) is 10.2. The number of aromatic nitrogens is 3. The van der Waals surface area contributed by atoms with Crippen LogP contribution in [0.2, 0.25) is 0 Å². The van der Waals surface area contributed by atoms with E-state index in [1.165, 1.54) is 65.8 Å². The van der Waals surface area contributed by atoms with Crippen molar-refractivity contribution in [2.24, 2.45) is 5.92 Å². The van der Waals surface area contributed by atoms with Gasteiger partial charge in [0.25, 0.3) is 0 Å². The van der Waals surface area contributed by atoms with Gasteiger partial charge < -0.3 is 0 Å². The Kier molecular flexibility index (Phi) is 8.28. The normalized spacial score (nSPS) is 19.6. The van der Waals surface area contributed by atoms with Gasteiger partial charge in [0.2, 0.25) is 0 Å². The van der Waals surface area contributed by atoms with Crippen molar-refractivity contribution in [2.75, 3.05) is 0 Å². The van der Waals surface area contributed by atoms with Crippen LogP contribution in [-0.2, 0) is 5.41 Å². The number of allylic oxidation sites excluding steroid dienone is 6. The molecule has 0 bridgehead atoms. The second-order valence-electron chi connectivity index (χ2n) is 16.1. The highest BCUT2D eigenvalue weighted by atomic mass is 32.2. The van der Waals surface area contributed by atoms with Crippen molar-refractivity contribution in [1.29, 1.82) is 0 Å². The predicted molar refractivity (Wildman–Crippen MR) is 249 cm³/mol. The fraction of sp³-hybridized carbons (Fsp3) is 0.0893. The van der Waals surface area contributed by atoms with Crippen LogP contribution >= 0.6 is 11.8 Å². The quantitative estimate of drug-likeness (QED) is 0.174. The topological polar surface area (TPSA) is 38.7 Å². The molecule has 0 saturated carbocycles. The first kappa shape index (κ1) is 35.1. The van der Waals surface area contributed by atoms with Crippen molar-refractivity contribution in [3.63, 3.8) is 0 Å². The van der Waals surface area contributed by atoms with E-state index in [4.69, 9.17) is 9.97 Å². The summed E-state index contributed by atoms with van der Waals surface area (Å²) in [6.07, 6.45) is 20.6. The number of hydrogen-bond donors (Lipinski definition) is 0. The van der Waals surface area contributed by atoms with Crippen LogP contribution in [0.3, 0.4) is 0 Å². The highest BCUT2D eigenvalue weighted by Gasteiger charge is 2.56. The van der Waals surface area contributed by atoms with Crippen LogP contribution in [0, 0.1) is 5.92 Å². The molecule has 0 amide bonds. The molecule has 1 fully saturated rings. The summed E-state index contributed by atoms with van der Waals surface area (Å²) < 4.78 is 0. The molecule has 2 aromatic heterocycles. The molecule has 1 aliphatic heterocycles. The Balaban J connectivity index is 1.01. The lowest BCUT2D eigenvalue weighted by atomic mass is 9.60. The van der Waals surface area contributed by atoms with Crippen LogP contribution < -0.4 is 0 Å². The zero-order valence-electron chi connectivity index (χ0n) is 32.9. The van der Waals surface area contributed by atoms with Gasteiger partial charge in [0.1, 0.15) is 0 Å². The first-order valence-electron chi connectivity index (χ1n) is 20.9. The van der Waals surface area contributed by atoms with E-state index < -0.39 is 0 Å². The molecule has 3 unspecified atom stereocenters. The summed E-state index contributed by atoms with van der Waals surface area (Å²) in [6, 6.07) is 54.9. The monoisotopic (exact) mass is 785 g/mol. The number of nitrogens with zero attached hydrogens (tertiary/aromatic N) is 3. The molecule has 3 atom stereocenters. The van der Waals surface area contributed by atoms with Crippen molar-refractivity contribution in [1.82, 2.24) is 15.0 Å². The Hall–Kier alpha value is -6.88. The zero-order chi connectivity index (χ0) is 39.6. The van der Waals surface area contributed by atoms with Gasteiger partial charge in [-0.05, 0) is 92.6 Å². The molecule has 0 N–H and O–H groups in total. The number of rotatable bonds is 5. The minimum atomic E-state index is -0.342. The molecular formula is C56H39N3S. The molecule has 0 radical (unpaired) electrons. The molecule has 1 saturated heterocycles. The molecule has 12 rings (SSSR count). The first-order chi connectivity index (χ1) is 29.7. The molecule has 60 heavy (non-hydrogen) atoms. The third-order valence-corrected chi connectivity index (χ3v) is 14.3. The first-order valence-corrected chi connectivity index (χ1v) is 21.8. The lowest BCUT2D eigenvalue weighted by Crippen LogP contribution is -2.45. The van der Waals surface area contributed by atoms with Crippen molar-refractivity contribution in [3.05, 3.63) is 222 Å². The van der Waals surface area contributed by atoms with Gasteiger partial charge in [0.05, 0.1) is 16.8 Å². The third-order valence-electron chi connectivity index (χ3n) is 12.9. The molecule has 284 valence electrons. The van der Waals surface area contributed by atoms with Gasteiger partial charge in [-0.3, -0.25) is 4.98 Å². The van der Waals surface area contributed by atoms with Gasteiger partial charge in [-0.1, -0.05) is 164 Å². The summed E-state index contributed by atoms with van der Waals surface area (Å²) in [5.41, 5.74) is 16.4. The summed E-state index contributed by atoms with van der Waals surface area (Å²) in [7, 11) is 0. The Labute approximate surface area is 354 Å². The van der Waals surface area contributed by atoms with Gasteiger partial charge in [0, 0.05) is 50.5 Å². The third kappa shape index (κ3) is 5.55. The number of thioether (sulfide) groups is 1. The average molecular weight is 786 g/mol. The molecule has 8 aromatic rings. The maximum Gasteiger partial charge on any atom is 0.160 e. The van der Waals surface area contributed by atoms with Gasteiger partial charge >= 0.3 is 0 Å². The zero-order valence-corrected chi connectivity index (χ0v) is 33.7. The molecular weight excluding hydrogens is 747 g/mol. The summed E-state index contributed by atoms with van der Waals surface area (Å²) in [5, 5.41) is 2.72. The smallest absolute Gasteiger partial charge is 0.160 e. The lowest BCUT2D eigenvalue weighted by molar-refractivity contribution is 0.453. The average Bonchev–Trinajstić information content (AvgIpc) is 3.61. The van der Waals surface area contributed by atoms with E-state index in [1.54, 1.807) is 0 Å². The van der Waals surface area contributed by atoms with Crippen LogP contribution in [0.15, 0.2) is 211 Å². The van der Waals surface area contributed by atoms with Crippen molar-refractivity contribution in [3.8, 4) is 67.3 Å². The maximum atomic E-state index is 5.11. The van der Waals surface area contributed by atoms with E-state index in [-0.39, 0.29) is 11.3 Å². The van der Waals surface area contributed by atoms with Gasteiger partial charge in [0.15, 0.2) is 5.82 Å². The van der Waals surface area contributed by atoms with E-state index in [1.807, 2.05) is 48.4 Å². The lowest BCUT2D eigenvalue weighted by Gasteiger charge is -2.49. The molecule has 4 heteroatoms. The highest BCUT2D eigenvalue weighted by molar-refractivity contribution is 8.04. The highest BCUT2D eigenvalue weighted by Crippen LogP contribution is 2.66.